The number of nitrogens with one attached hydrogen (secondary N) is 2. The van der Waals surface area contributed by atoms with Crippen molar-refractivity contribution >= 4 is 22.5 Å². The minimum Gasteiger partial charge on any atom is -0.489 e. The fourth-order valence-corrected chi connectivity index (χ4v) is 3.62. The summed E-state index contributed by atoms with van der Waals surface area (Å²) >= 11 is 0. The van der Waals surface area contributed by atoms with Crippen molar-refractivity contribution in [2.75, 3.05) is 18.5 Å². The van der Waals surface area contributed by atoms with E-state index in [0.717, 1.165) is 30.5 Å². The summed E-state index contributed by atoms with van der Waals surface area (Å²) in [5.74, 6) is 0.673. The van der Waals surface area contributed by atoms with E-state index in [4.69, 9.17) is 9.47 Å². The van der Waals surface area contributed by atoms with Gasteiger partial charge in [0.05, 0.1) is 11.8 Å². The number of carbonyl (C=O) groups is 1. The minimum absolute atomic E-state index is 0.0183. The molecule has 3 aromatic rings. The summed E-state index contributed by atoms with van der Waals surface area (Å²) in [7, 11) is 0. The maximum absolute atomic E-state index is 12.5. The van der Waals surface area contributed by atoms with Gasteiger partial charge in [0.2, 0.25) is 5.91 Å². The van der Waals surface area contributed by atoms with Gasteiger partial charge in [0.25, 0.3) is 0 Å². The van der Waals surface area contributed by atoms with Crippen molar-refractivity contribution in [2.24, 2.45) is 0 Å². The predicted molar refractivity (Wildman–Crippen MR) is 111 cm³/mol. The third-order valence-electron chi connectivity index (χ3n) is 5.16. The number of para-hydroxylation sites is 3. The average molecular weight is 378 g/mol. The van der Waals surface area contributed by atoms with Crippen LogP contribution in [0.3, 0.4) is 0 Å². The molecule has 1 aliphatic rings. The molecule has 1 atom stereocenters. The van der Waals surface area contributed by atoms with Crippen LogP contribution in [-0.2, 0) is 16.0 Å². The molecule has 1 aliphatic heterocycles. The third-order valence-corrected chi connectivity index (χ3v) is 5.16. The highest BCUT2D eigenvalue weighted by atomic mass is 16.5. The van der Waals surface area contributed by atoms with Gasteiger partial charge in [-0.15, -0.1) is 0 Å². The normalized spacial score (nSPS) is 16.8. The highest BCUT2D eigenvalue weighted by Crippen LogP contribution is 2.26. The van der Waals surface area contributed by atoms with Gasteiger partial charge in [-0.1, -0.05) is 30.3 Å². The van der Waals surface area contributed by atoms with E-state index in [-0.39, 0.29) is 12.0 Å². The number of carbonyl (C=O) groups excluding carboxylic acids is 1. The molecule has 0 spiro atoms. The largest absolute Gasteiger partial charge is 0.489 e. The van der Waals surface area contributed by atoms with Crippen LogP contribution < -0.4 is 10.1 Å². The number of H-pyrrole nitrogens is 1. The highest BCUT2D eigenvalue weighted by molar-refractivity contribution is 5.93. The van der Waals surface area contributed by atoms with Gasteiger partial charge < -0.3 is 19.8 Å². The molecular weight excluding hydrogens is 352 g/mol. The van der Waals surface area contributed by atoms with Crippen LogP contribution >= 0.6 is 0 Å². The van der Waals surface area contributed by atoms with E-state index in [1.165, 1.54) is 11.8 Å². The van der Waals surface area contributed by atoms with Gasteiger partial charge in [-0.25, -0.2) is 0 Å². The topological polar surface area (TPSA) is 63.4 Å². The number of amides is 1. The molecule has 1 aromatic heterocycles. The molecule has 1 unspecified atom stereocenters. The van der Waals surface area contributed by atoms with Crippen LogP contribution in [0.25, 0.3) is 10.9 Å². The quantitative estimate of drug-likeness (QED) is 0.627. The van der Waals surface area contributed by atoms with Crippen molar-refractivity contribution in [3.05, 3.63) is 60.3 Å². The number of benzene rings is 2. The smallest absolute Gasteiger partial charge is 0.224 e. The van der Waals surface area contributed by atoms with E-state index in [0.29, 0.717) is 30.9 Å². The zero-order chi connectivity index (χ0) is 19.2. The number of hydrogen-bond donors (Lipinski definition) is 2. The molecule has 2 aromatic carbocycles. The van der Waals surface area contributed by atoms with Gasteiger partial charge >= 0.3 is 0 Å². The van der Waals surface area contributed by atoms with Crippen LogP contribution in [0, 0.1) is 0 Å². The first-order chi connectivity index (χ1) is 13.8. The van der Waals surface area contributed by atoms with Crippen LogP contribution in [-0.4, -0.2) is 30.2 Å². The number of fused-ring (bicyclic) bond motifs is 1. The van der Waals surface area contributed by atoms with E-state index in [9.17, 15) is 4.79 Å². The van der Waals surface area contributed by atoms with E-state index in [1.54, 1.807) is 0 Å². The van der Waals surface area contributed by atoms with Crippen molar-refractivity contribution in [3.63, 3.8) is 0 Å². The third kappa shape index (κ3) is 4.54. The zero-order valence-corrected chi connectivity index (χ0v) is 15.9. The summed E-state index contributed by atoms with van der Waals surface area (Å²) in [6.07, 6.45) is 6.56. The maximum Gasteiger partial charge on any atom is 0.224 e. The number of aryl methyl sites for hydroxylation is 1. The molecule has 0 aliphatic carbocycles. The fourth-order valence-electron chi connectivity index (χ4n) is 3.62. The first-order valence-corrected chi connectivity index (χ1v) is 9.98. The number of aromatic nitrogens is 1. The van der Waals surface area contributed by atoms with Gasteiger partial charge in [-0.2, -0.15) is 0 Å². The first-order valence-electron chi connectivity index (χ1n) is 9.98. The lowest BCUT2D eigenvalue weighted by molar-refractivity contribution is -0.116. The van der Waals surface area contributed by atoms with E-state index in [1.807, 2.05) is 48.7 Å². The molecule has 2 heterocycles. The van der Waals surface area contributed by atoms with Gasteiger partial charge in [-0.05, 0) is 49.4 Å². The molecule has 5 nitrogen and oxygen atoms in total. The van der Waals surface area contributed by atoms with Gasteiger partial charge in [0.15, 0.2) is 0 Å². The van der Waals surface area contributed by atoms with Crippen LogP contribution in [0.15, 0.2) is 54.7 Å². The Labute approximate surface area is 165 Å². The van der Waals surface area contributed by atoms with Gasteiger partial charge in [0, 0.05) is 30.1 Å². The Morgan fingerprint density at radius 2 is 2.00 bits per heavy atom. The Hall–Kier alpha value is -2.79. The minimum atomic E-state index is -0.0183. The molecule has 0 saturated carbocycles. The Morgan fingerprint density at radius 3 is 2.89 bits per heavy atom. The molecule has 146 valence electrons. The fraction of sp³-hybridized carbons (Fsp3) is 0.348. The van der Waals surface area contributed by atoms with Crippen LogP contribution in [0.2, 0.25) is 0 Å². The second-order valence-electron chi connectivity index (χ2n) is 7.20. The van der Waals surface area contributed by atoms with Crippen molar-refractivity contribution < 1.29 is 14.3 Å². The molecule has 1 saturated heterocycles. The number of aromatic amines is 1. The number of hydrogen-bond acceptors (Lipinski definition) is 3. The molecule has 4 rings (SSSR count). The number of anilines is 1. The van der Waals surface area contributed by atoms with Crippen LogP contribution in [0.1, 0.15) is 31.2 Å². The molecular formula is C23H26N2O3. The molecule has 28 heavy (non-hydrogen) atoms. The monoisotopic (exact) mass is 378 g/mol. The summed E-state index contributed by atoms with van der Waals surface area (Å²) < 4.78 is 11.7. The van der Waals surface area contributed by atoms with Crippen molar-refractivity contribution in [1.29, 1.82) is 0 Å². The maximum atomic E-state index is 12.5. The number of ether oxygens (including phenoxy) is 2. The molecule has 2 N–H and O–H groups in total. The summed E-state index contributed by atoms with van der Waals surface area (Å²) in [6, 6.07) is 15.7. The van der Waals surface area contributed by atoms with Crippen LogP contribution in [0.4, 0.5) is 5.69 Å². The molecule has 1 amide bonds. The summed E-state index contributed by atoms with van der Waals surface area (Å²) in [4.78, 5) is 15.8. The SMILES string of the molecule is O=C(CCc1c[nH]c2ccccc12)Nc1ccccc1OCC1CCCCO1. The number of rotatable bonds is 7. The summed E-state index contributed by atoms with van der Waals surface area (Å²) in [5.41, 5.74) is 2.97. The summed E-state index contributed by atoms with van der Waals surface area (Å²) in [6.45, 7) is 1.32. The van der Waals surface area contributed by atoms with E-state index in [2.05, 4.69) is 16.4 Å². The molecule has 0 bridgehead atoms. The van der Waals surface area contributed by atoms with Crippen molar-refractivity contribution in [1.82, 2.24) is 4.98 Å². The van der Waals surface area contributed by atoms with Crippen molar-refractivity contribution in [3.8, 4) is 5.75 Å². The summed E-state index contributed by atoms with van der Waals surface area (Å²) in [5, 5.41) is 4.17. The highest BCUT2D eigenvalue weighted by Gasteiger charge is 2.16. The first kappa shape index (κ1) is 18.6. The Morgan fingerprint density at radius 1 is 1.14 bits per heavy atom. The average Bonchev–Trinajstić information content (AvgIpc) is 3.16. The standard InChI is InChI=1S/C23H26N2O3/c26-23(13-12-17-15-24-20-9-2-1-8-19(17)20)25-21-10-3-4-11-22(21)28-16-18-7-5-6-14-27-18/h1-4,8-11,15,18,24H,5-7,12-14,16H2,(H,25,26). The van der Waals surface area contributed by atoms with E-state index >= 15 is 0 Å². The Bertz CT molecular complexity index is 928. The van der Waals surface area contributed by atoms with Gasteiger partial charge in [-0.3, -0.25) is 4.79 Å². The predicted octanol–water partition coefficient (Wildman–Crippen LogP) is 4.69. The lowest BCUT2D eigenvalue weighted by Crippen LogP contribution is -2.26. The second-order valence-corrected chi connectivity index (χ2v) is 7.20. The lowest BCUT2D eigenvalue weighted by atomic mass is 10.1. The molecule has 0 radical (unpaired) electrons. The molecule has 1 fully saturated rings. The van der Waals surface area contributed by atoms with Gasteiger partial charge in [0.1, 0.15) is 12.4 Å². The lowest BCUT2D eigenvalue weighted by Gasteiger charge is -2.23. The Kier molecular flexibility index (Phi) is 5.92. The zero-order valence-electron chi connectivity index (χ0n) is 15.9. The molecule has 5 heteroatoms. The second kappa shape index (κ2) is 8.93. The van der Waals surface area contributed by atoms with Crippen LogP contribution in [0.5, 0.6) is 5.75 Å². The Balaban J connectivity index is 1.33. The van der Waals surface area contributed by atoms with Crippen molar-refractivity contribution in [2.45, 2.75) is 38.2 Å². The van der Waals surface area contributed by atoms with E-state index < -0.39 is 0 Å².